The van der Waals surface area contributed by atoms with Gasteiger partial charge in [-0.25, -0.2) is 0 Å². The van der Waals surface area contributed by atoms with Gasteiger partial charge in [-0.2, -0.15) is 0 Å². The molecule has 1 saturated carbocycles. The normalized spacial score (nSPS) is 21.9. The van der Waals surface area contributed by atoms with Gasteiger partial charge in [0.05, 0.1) is 6.61 Å². The monoisotopic (exact) mass is 310 g/mol. The van der Waals surface area contributed by atoms with Gasteiger partial charge in [0.15, 0.2) is 0 Å². The molecule has 1 aromatic carbocycles. The van der Waals surface area contributed by atoms with E-state index in [9.17, 15) is 0 Å². The minimum atomic E-state index is 0.676. The molecule has 1 fully saturated rings. The average Bonchev–Trinajstić information content (AvgIpc) is 2.97. The Balaban J connectivity index is 1.72. The Morgan fingerprint density at radius 2 is 2.05 bits per heavy atom. The van der Waals surface area contributed by atoms with Gasteiger partial charge < -0.3 is 15.4 Å². The van der Waals surface area contributed by atoms with E-state index in [4.69, 9.17) is 22.1 Å². The molecule has 0 bridgehead atoms. The van der Waals surface area contributed by atoms with Crippen LogP contribution < -0.4 is 10.5 Å². The van der Waals surface area contributed by atoms with Crippen molar-refractivity contribution in [2.75, 3.05) is 26.2 Å². The highest BCUT2D eigenvalue weighted by molar-refractivity contribution is 6.30. The Labute approximate surface area is 133 Å². The molecule has 0 amide bonds. The molecule has 0 spiro atoms. The van der Waals surface area contributed by atoms with Crippen molar-refractivity contribution in [3.63, 3.8) is 0 Å². The summed E-state index contributed by atoms with van der Waals surface area (Å²) in [6.07, 6.45) is 4.96. The smallest absolute Gasteiger partial charge is 0.119 e. The molecular formula is C17H27ClN2O. The Bertz CT molecular complexity index is 410. The van der Waals surface area contributed by atoms with Crippen molar-refractivity contribution in [1.82, 2.24) is 4.90 Å². The Morgan fingerprint density at radius 3 is 2.71 bits per heavy atom. The van der Waals surface area contributed by atoms with Crippen LogP contribution in [0.25, 0.3) is 0 Å². The number of nitrogens with two attached hydrogens (primary N) is 1. The first-order valence-electron chi connectivity index (χ1n) is 8.07. The van der Waals surface area contributed by atoms with Crippen molar-refractivity contribution in [3.8, 4) is 5.75 Å². The summed E-state index contributed by atoms with van der Waals surface area (Å²) in [6, 6.07) is 8.23. The third-order valence-electron chi connectivity index (χ3n) is 4.47. The van der Waals surface area contributed by atoms with Crippen molar-refractivity contribution in [3.05, 3.63) is 29.3 Å². The van der Waals surface area contributed by atoms with Crippen LogP contribution in [0.3, 0.4) is 0 Å². The number of halogens is 1. The zero-order valence-electron chi connectivity index (χ0n) is 12.9. The first-order valence-corrected chi connectivity index (χ1v) is 8.45. The first kappa shape index (κ1) is 16.6. The highest BCUT2D eigenvalue weighted by Crippen LogP contribution is 2.29. The zero-order chi connectivity index (χ0) is 15.1. The number of benzene rings is 1. The van der Waals surface area contributed by atoms with E-state index >= 15 is 0 Å². The summed E-state index contributed by atoms with van der Waals surface area (Å²) in [4.78, 5) is 2.58. The lowest BCUT2D eigenvalue weighted by molar-refractivity contribution is 0.157. The second-order valence-electron chi connectivity index (χ2n) is 5.78. The summed E-state index contributed by atoms with van der Waals surface area (Å²) in [5.41, 5.74) is 5.90. The summed E-state index contributed by atoms with van der Waals surface area (Å²) < 4.78 is 5.76. The Kier molecular flexibility index (Phi) is 6.81. The third-order valence-corrected chi connectivity index (χ3v) is 4.72. The van der Waals surface area contributed by atoms with Gasteiger partial charge in [0.25, 0.3) is 0 Å². The van der Waals surface area contributed by atoms with Crippen LogP contribution in [0, 0.1) is 5.92 Å². The Morgan fingerprint density at radius 1 is 1.29 bits per heavy atom. The summed E-state index contributed by atoms with van der Waals surface area (Å²) in [5.74, 6) is 1.57. The number of hydrogen-bond acceptors (Lipinski definition) is 3. The lowest BCUT2D eigenvalue weighted by Crippen LogP contribution is -2.41. The van der Waals surface area contributed by atoms with Crippen molar-refractivity contribution >= 4 is 11.6 Å². The molecule has 0 aliphatic heterocycles. The minimum absolute atomic E-state index is 0.676. The second-order valence-corrected chi connectivity index (χ2v) is 6.21. The lowest BCUT2D eigenvalue weighted by atomic mass is 10.0. The van der Waals surface area contributed by atoms with E-state index in [1.54, 1.807) is 0 Å². The van der Waals surface area contributed by atoms with E-state index < -0.39 is 0 Å². The highest BCUT2D eigenvalue weighted by Gasteiger charge is 2.29. The molecule has 2 atom stereocenters. The van der Waals surface area contributed by atoms with Crippen molar-refractivity contribution in [1.29, 1.82) is 0 Å². The van der Waals surface area contributed by atoms with Crippen LogP contribution >= 0.6 is 11.6 Å². The molecule has 2 N–H and O–H groups in total. The molecule has 21 heavy (non-hydrogen) atoms. The van der Waals surface area contributed by atoms with Gasteiger partial charge in [0, 0.05) is 17.6 Å². The molecule has 2 rings (SSSR count). The van der Waals surface area contributed by atoms with E-state index in [1.165, 1.54) is 19.3 Å². The van der Waals surface area contributed by atoms with Crippen LogP contribution in [0.1, 0.15) is 32.6 Å². The number of rotatable bonds is 8. The van der Waals surface area contributed by atoms with Gasteiger partial charge >= 0.3 is 0 Å². The van der Waals surface area contributed by atoms with Gasteiger partial charge in [-0.15, -0.1) is 0 Å². The average molecular weight is 311 g/mol. The zero-order valence-corrected chi connectivity index (χ0v) is 13.7. The fraction of sp³-hybridized carbons (Fsp3) is 0.647. The van der Waals surface area contributed by atoms with Gasteiger partial charge in [0.2, 0.25) is 0 Å². The predicted octanol–water partition coefficient (Wildman–Crippen LogP) is 3.56. The molecule has 0 aromatic heterocycles. The summed E-state index contributed by atoms with van der Waals surface area (Å²) in [7, 11) is 0. The molecule has 1 aliphatic carbocycles. The summed E-state index contributed by atoms with van der Waals surface area (Å²) >= 11 is 5.86. The van der Waals surface area contributed by atoms with E-state index in [2.05, 4.69) is 11.8 Å². The topological polar surface area (TPSA) is 38.5 Å². The molecule has 2 unspecified atom stereocenters. The fourth-order valence-corrected chi connectivity index (χ4v) is 3.45. The summed E-state index contributed by atoms with van der Waals surface area (Å²) in [5, 5.41) is 0.744. The van der Waals surface area contributed by atoms with E-state index in [0.717, 1.165) is 43.4 Å². The predicted molar refractivity (Wildman–Crippen MR) is 89.0 cm³/mol. The third kappa shape index (κ3) is 4.87. The SMILES string of the molecule is CCN(CCCOc1ccc(Cl)cc1)C1CCCC1CN. The molecule has 0 radical (unpaired) electrons. The molecule has 1 aromatic rings. The van der Waals surface area contributed by atoms with Crippen molar-refractivity contribution < 1.29 is 4.74 Å². The lowest BCUT2D eigenvalue weighted by Gasteiger charge is -2.31. The molecular weight excluding hydrogens is 284 g/mol. The maximum Gasteiger partial charge on any atom is 0.119 e. The maximum absolute atomic E-state index is 5.90. The molecule has 118 valence electrons. The molecule has 0 heterocycles. The maximum atomic E-state index is 5.90. The largest absolute Gasteiger partial charge is 0.494 e. The van der Waals surface area contributed by atoms with Crippen LogP contribution in [0.15, 0.2) is 24.3 Å². The van der Waals surface area contributed by atoms with Crippen LogP contribution in [0.2, 0.25) is 5.02 Å². The van der Waals surface area contributed by atoms with Gasteiger partial charge in [-0.3, -0.25) is 0 Å². The van der Waals surface area contributed by atoms with E-state index in [-0.39, 0.29) is 0 Å². The van der Waals surface area contributed by atoms with Crippen LogP contribution in [0.4, 0.5) is 0 Å². The number of hydrogen-bond donors (Lipinski definition) is 1. The Hall–Kier alpha value is -0.770. The second kappa shape index (κ2) is 8.62. The first-order chi connectivity index (χ1) is 10.2. The van der Waals surface area contributed by atoms with Gasteiger partial charge in [-0.05, 0) is 62.5 Å². The van der Waals surface area contributed by atoms with Crippen LogP contribution in [-0.2, 0) is 0 Å². The molecule has 4 heteroatoms. The van der Waals surface area contributed by atoms with Crippen LogP contribution in [-0.4, -0.2) is 37.2 Å². The van der Waals surface area contributed by atoms with Crippen LogP contribution in [0.5, 0.6) is 5.75 Å². The molecule has 3 nitrogen and oxygen atoms in total. The fourth-order valence-electron chi connectivity index (χ4n) is 3.32. The number of nitrogens with zero attached hydrogens (tertiary/aromatic N) is 1. The van der Waals surface area contributed by atoms with E-state index in [0.29, 0.717) is 12.0 Å². The standard InChI is InChI=1S/C17H27ClN2O/c1-2-20(17-6-3-5-14(17)13-19)11-4-12-21-16-9-7-15(18)8-10-16/h7-10,14,17H,2-6,11-13,19H2,1H3. The summed E-state index contributed by atoms with van der Waals surface area (Å²) in [6.45, 7) is 6.00. The van der Waals surface area contributed by atoms with Crippen molar-refractivity contribution in [2.45, 2.75) is 38.6 Å². The van der Waals surface area contributed by atoms with Gasteiger partial charge in [0.1, 0.15) is 5.75 Å². The van der Waals surface area contributed by atoms with E-state index in [1.807, 2.05) is 24.3 Å². The van der Waals surface area contributed by atoms with Crippen molar-refractivity contribution in [2.24, 2.45) is 11.7 Å². The minimum Gasteiger partial charge on any atom is -0.494 e. The van der Waals surface area contributed by atoms with Gasteiger partial charge in [-0.1, -0.05) is 24.9 Å². The highest BCUT2D eigenvalue weighted by atomic mass is 35.5. The molecule has 0 saturated heterocycles. The molecule has 1 aliphatic rings. The number of ether oxygens (including phenoxy) is 1. The quantitative estimate of drug-likeness (QED) is 0.746.